The number of rotatable bonds is 5. The maximum Gasteiger partial charge on any atom is 0.326 e. The number of nitrogens with one attached hydrogen (secondary N) is 2. The van der Waals surface area contributed by atoms with Gasteiger partial charge in [-0.3, -0.25) is 9.89 Å². The van der Waals surface area contributed by atoms with Crippen molar-refractivity contribution >= 4 is 45.5 Å². The number of carbonyl (C=O) groups excluding carboxylic acids is 1. The Balaban J connectivity index is 1.47. The minimum absolute atomic E-state index is 0.150. The molecule has 158 valence electrons. The zero-order chi connectivity index (χ0) is 21.5. The lowest BCUT2D eigenvalue weighted by Crippen LogP contribution is -2.36. The first-order chi connectivity index (χ1) is 15.0. The lowest BCUT2D eigenvalue weighted by molar-refractivity contribution is -0.138. The highest BCUT2D eigenvalue weighted by molar-refractivity contribution is 6.06. The zero-order valence-electron chi connectivity index (χ0n) is 16.7. The number of aromatic nitrogens is 4. The van der Waals surface area contributed by atoms with Gasteiger partial charge in [0.15, 0.2) is 11.4 Å². The maximum atomic E-state index is 12.4. The largest absolute Gasteiger partial charge is 0.480 e. The van der Waals surface area contributed by atoms with Gasteiger partial charge in [0.25, 0.3) is 0 Å². The van der Waals surface area contributed by atoms with Crippen LogP contribution in [0.15, 0.2) is 41.1 Å². The van der Waals surface area contributed by atoms with Crippen molar-refractivity contribution in [1.29, 1.82) is 0 Å². The van der Waals surface area contributed by atoms with Crippen molar-refractivity contribution in [3.63, 3.8) is 0 Å². The quantitative estimate of drug-likeness (QED) is 0.448. The minimum atomic E-state index is -0.960. The third kappa shape index (κ3) is 3.45. The van der Waals surface area contributed by atoms with Crippen molar-refractivity contribution in [2.45, 2.75) is 25.8 Å². The van der Waals surface area contributed by atoms with Crippen LogP contribution < -0.4 is 10.2 Å². The molecule has 10 nitrogen and oxygen atoms in total. The number of anilines is 2. The molecule has 31 heavy (non-hydrogen) atoms. The molecule has 1 fully saturated rings. The Kier molecular flexibility index (Phi) is 4.54. The van der Waals surface area contributed by atoms with Gasteiger partial charge >= 0.3 is 5.97 Å². The van der Waals surface area contributed by atoms with Crippen molar-refractivity contribution in [1.82, 2.24) is 20.2 Å². The van der Waals surface area contributed by atoms with Gasteiger partial charge in [-0.15, -0.1) is 0 Å². The van der Waals surface area contributed by atoms with Crippen LogP contribution >= 0.6 is 0 Å². The third-order valence-electron chi connectivity index (χ3n) is 5.51. The fourth-order valence-electron chi connectivity index (χ4n) is 4.21. The molecular weight excluding hydrogens is 400 g/mol. The van der Waals surface area contributed by atoms with E-state index in [0.29, 0.717) is 47.0 Å². The molecule has 0 radical (unpaired) electrons. The highest BCUT2D eigenvalue weighted by Crippen LogP contribution is 2.37. The Morgan fingerprint density at radius 2 is 2.16 bits per heavy atom. The first-order valence-electron chi connectivity index (χ1n) is 9.93. The number of aromatic amines is 1. The number of carbonyl (C=O) groups is 2. The smallest absolute Gasteiger partial charge is 0.326 e. The molecule has 10 heteroatoms. The molecular formula is C21H20N6O4. The van der Waals surface area contributed by atoms with E-state index >= 15 is 0 Å². The summed E-state index contributed by atoms with van der Waals surface area (Å²) in [6.45, 7) is 2.14. The lowest BCUT2D eigenvalue weighted by atomic mass is 10.0. The number of carboxylic acid groups (broad SMARTS) is 1. The first kappa shape index (κ1) is 19.0. The number of para-hydroxylation sites is 1. The molecule has 0 unspecified atom stereocenters. The molecule has 0 bridgehead atoms. The molecule has 1 aliphatic rings. The van der Waals surface area contributed by atoms with Gasteiger partial charge in [0.2, 0.25) is 5.91 Å². The molecule has 1 aromatic carbocycles. The molecule has 4 heterocycles. The highest BCUT2D eigenvalue weighted by Gasteiger charge is 2.40. The number of nitrogens with zero attached hydrogens (tertiary/aromatic N) is 4. The molecule has 4 aromatic rings. The summed E-state index contributed by atoms with van der Waals surface area (Å²) in [7, 11) is 0. The van der Waals surface area contributed by atoms with Crippen LogP contribution in [0.3, 0.4) is 0 Å². The second-order valence-electron chi connectivity index (χ2n) is 7.72. The number of fused-ring (bicyclic) bond motifs is 3. The van der Waals surface area contributed by atoms with Gasteiger partial charge in [0.1, 0.15) is 23.0 Å². The molecule has 3 N–H and O–H groups in total. The number of carboxylic acids is 1. The van der Waals surface area contributed by atoms with Crippen LogP contribution in [0.5, 0.6) is 0 Å². The SMILES string of the molecule is Cc1nc(N2C[C@@H](CC(=O)Nc3cn[nH]c3)C[C@H]2C(=O)O)c2oc3ccccc3c2n1. The summed E-state index contributed by atoms with van der Waals surface area (Å²) in [6.07, 6.45) is 3.62. The predicted octanol–water partition coefficient (Wildman–Crippen LogP) is 2.72. The van der Waals surface area contributed by atoms with Crippen LogP contribution in [-0.4, -0.2) is 49.7 Å². The van der Waals surface area contributed by atoms with E-state index in [9.17, 15) is 14.7 Å². The second kappa shape index (κ2) is 7.38. The van der Waals surface area contributed by atoms with Crippen LogP contribution in [0.25, 0.3) is 22.1 Å². The summed E-state index contributed by atoms with van der Waals surface area (Å²) in [5.74, 6) is -0.325. The van der Waals surface area contributed by atoms with E-state index in [4.69, 9.17) is 4.42 Å². The number of aliphatic carboxylic acids is 1. The average Bonchev–Trinajstić information content (AvgIpc) is 3.46. The number of amides is 1. The number of H-pyrrole nitrogens is 1. The van der Waals surface area contributed by atoms with Gasteiger partial charge < -0.3 is 19.7 Å². The van der Waals surface area contributed by atoms with Gasteiger partial charge in [-0.05, 0) is 31.4 Å². The molecule has 0 spiro atoms. The lowest BCUT2D eigenvalue weighted by Gasteiger charge is -2.22. The van der Waals surface area contributed by atoms with Crippen molar-refractivity contribution in [2.24, 2.45) is 5.92 Å². The van der Waals surface area contributed by atoms with Crippen molar-refractivity contribution in [2.75, 3.05) is 16.8 Å². The summed E-state index contributed by atoms with van der Waals surface area (Å²) >= 11 is 0. The Hall–Kier alpha value is -3.95. The van der Waals surface area contributed by atoms with E-state index in [-0.39, 0.29) is 18.2 Å². The number of furan rings is 1. The molecule has 1 amide bonds. The number of aryl methyl sites for hydroxylation is 1. The molecule has 5 rings (SSSR count). The van der Waals surface area contributed by atoms with E-state index in [1.54, 1.807) is 18.0 Å². The topological polar surface area (TPSA) is 137 Å². The molecule has 2 atom stereocenters. The van der Waals surface area contributed by atoms with Gasteiger partial charge in [0.05, 0.1) is 11.9 Å². The Morgan fingerprint density at radius 3 is 2.94 bits per heavy atom. The van der Waals surface area contributed by atoms with Crippen molar-refractivity contribution in [3.05, 3.63) is 42.5 Å². The monoisotopic (exact) mass is 420 g/mol. The average molecular weight is 420 g/mol. The normalized spacial score (nSPS) is 18.7. The van der Waals surface area contributed by atoms with E-state index in [0.717, 1.165) is 5.39 Å². The molecule has 1 aliphatic heterocycles. The number of hydrogen-bond donors (Lipinski definition) is 3. The van der Waals surface area contributed by atoms with Crippen LogP contribution in [-0.2, 0) is 9.59 Å². The van der Waals surface area contributed by atoms with E-state index in [2.05, 4.69) is 25.5 Å². The van der Waals surface area contributed by atoms with Gasteiger partial charge in [0, 0.05) is 24.5 Å². The van der Waals surface area contributed by atoms with Crippen LogP contribution in [0, 0.1) is 12.8 Å². The standard InChI is InChI=1S/C21H20N6O4/c1-11-24-18-14-4-2-3-5-16(14)31-19(18)20(25-11)27-10-12(6-15(27)21(29)30)7-17(28)26-13-8-22-23-9-13/h2-5,8-9,12,15H,6-7,10H2,1H3,(H,22,23)(H,26,28)(H,29,30)/t12-,15+/m1/s1. The van der Waals surface area contributed by atoms with E-state index in [1.165, 1.54) is 6.20 Å². The summed E-state index contributed by atoms with van der Waals surface area (Å²) in [4.78, 5) is 35.2. The number of hydrogen-bond acceptors (Lipinski definition) is 7. The van der Waals surface area contributed by atoms with Crippen LogP contribution in [0.4, 0.5) is 11.5 Å². The fraction of sp³-hybridized carbons (Fsp3) is 0.286. The minimum Gasteiger partial charge on any atom is -0.480 e. The van der Waals surface area contributed by atoms with Gasteiger partial charge in [-0.1, -0.05) is 12.1 Å². The summed E-state index contributed by atoms with van der Waals surface area (Å²) in [5.41, 5.74) is 2.36. The second-order valence-corrected chi connectivity index (χ2v) is 7.72. The van der Waals surface area contributed by atoms with E-state index < -0.39 is 12.0 Å². The maximum absolute atomic E-state index is 12.4. The fourth-order valence-corrected chi connectivity index (χ4v) is 4.21. The molecule has 0 aliphatic carbocycles. The first-order valence-corrected chi connectivity index (χ1v) is 9.93. The summed E-state index contributed by atoms with van der Waals surface area (Å²) in [6, 6.07) is 6.72. The summed E-state index contributed by atoms with van der Waals surface area (Å²) < 4.78 is 6.02. The molecule has 1 saturated heterocycles. The third-order valence-corrected chi connectivity index (χ3v) is 5.51. The number of benzene rings is 1. The highest BCUT2D eigenvalue weighted by atomic mass is 16.4. The van der Waals surface area contributed by atoms with Gasteiger partial charge in [-0.25, -0.2) is 14.8 Å². The molecule has 3 aromatic heterocycles. The summed E-state index contributed by atoms with van der Waals surface area (Å²) in [5, 5.41) is 19.9. The van der Waals surface area contributed by atoms with Gasteiger partial charge in [-0.2, -0.15) is 5.10 Å². The van der Waals surface area contributed by atoms with Crippen LogP contribution in [0.1, 0.15) is 18.7 Å². The van der Waals surface area contributed by atoms with E-state index in [1.807, 2.05) is 24.3 Å². The van der Waals surface area contributed by atoms with Crippen molar-refractivity contribution in [3.8, 4) is 0 Å². The van der Waals surface area contributed by atoms with Crippen LogP contribution in [0.2, 0.25) is 0 Å². The Morgan fingerprint density at radius 1 is 1.32 bits per heavy atom. The molecule has 0 saturated carbocycles. The predicted molar refractivity (Wildman–Crippen MR) is 113 cm³/mol. The Bertz CT molecular complexity index is 1280. The zero-order valence-corrected chi connectivity index (χ0v) is 16.7. The van der Waals surface area contributed by atoms with Crippen molar-refractivity contribution < 1.29 is 19.1 Å². The Labute approximate surface area is 176 Å².